The van der Waals surface area contributed by atoms with Crippen molar-refractivity contribution < 1.29 is 9.90 Å². The van der Waals surface area contributed by atoms with E-state index in [0.717, 1.165) is 44.8 Å². The Balaban J connectivity index is 1.98. The van der Waals surface area contributed by atoms with Crippen molar-refractivity contribution in [1.82, 2.24) is 19.6 Å². The molecule has 0 spiro atoms. The molecule has 1 aromatic rings. The smallest absolute Gasteiger partial charge is 0.257 e. The number of hydrogen-bond acceptors (Lipinski definition) is 4. The third kappa shape index (κ3) is 3.37. The van der Waals surface area contributed by atoms with Gasteiger partial charge in [-0.2, -0.15) is 5.10 Å². The first-order valence-electron chi connectivity index (χ1n) is 7.32. The molecular weight excluding hydrogens is 256 g/mol. The molecule has 112 valence electrons. The molecule has 2 heterocycles. The highest BCUT2D eigenvalue weighted by molar-refractivity contribution is 5.95. The number of hydrogen-bond donors (Lipinski definition) is 1. The van der Waals surface area contributed by atoms with Crippen molar-refractivity contribution in [2.75, 3.05) is 39.3 Å². The number of aromatic nitrogens is 2. The Labute approximate surface area is 120 Å². The first-order chi connectivity index (χ1) is 9.65. The lowest BCUT2D eigenvalue weighted by molar-refractivity contribution is 0.0614. The molecule has 1 saturated heterocycles. The van der Waals surface area contributed by atoms with E-state index in [1.54, 1.807) is 0 Å². The highest BCUT2D eigenvalue weighted by Gasteiger charge is 2.24. The van der Waals surface area contributed by atoms with Crippen molar-refractivity contribution in [1.29, 1.82) is 0 Å². The Morgan fingerprint density at radius 1 is 1.30 bits per heavy atom. The van der Waals surface area contributed by atoms with Gasteiger partial charge in [-0.1, -0.05) is 6.92 Å². The molecule has 1 aliphatic rings. The van der Waals surface area contributed by atoms with Crippen molar-refractivity contribution >= 4 is 5.91 Å². The van der Waals surface area contributed by atoms with Crippen LogP contribution in [0.2, 0.25) is 0 Å². The van der Waals surface area contributed by atoms with Gasteiger partial charge in [0.15, 0.2) is 0 Å². The van der Waals surface area contributed by atoms with Gasteiger partial charge < -0.3 is 10.0 Å². The Morgan fingerprint density at radius 3 is 2.60 bits per heavy atom. The third-order valence-electron chi connectivity index (χ3n) is 3.71. The molecule has 0 radical (unpaired) electrons. The quantitative estimate of drug-likeness (QED) is 0.845. The van der Waals surface area contributed by atoms with E-state index in [1.165, 1.54) is 0 Å². The lowest BCUT2D eigenvalue weighted by atomic mass is 10.2. The van der Waals surface area contributed by atoms with Crippen LogP contribution in [-0.4, -0.2) is 69.9 Å². The number of amides is 1. The second-order valence-electron chi connectivity index (χ2n) is 5.25. The summed E-state index contributed by atoms with van der Waals surface area (Å²) < 4.78 is 1.85. The average molecular weight is 280 g/mol. The minimum Gasteiger partial charge on any atom is -0.395 e. The number of nitrogens with zero attached hydrogens (tertiary/aromatic N) is 4. The zero-order valence-electron chi connectivity index (χ0n) is 12.4. The van der Waals surface area contributed by atoms with Crippen LogP contribution in [0.3, 0.4) is 0 Å². The van der Waals surface area contributed by atoms with E-state index in [1.807, 2.05) is 22.7 Å². The summed E-state index contributed by atoms with van der Waals surface area (Å²) in [5.74, 6) is 0.0773. The molecule has 0 aromatic carbocycles. The van der Waals surface area contributed by atoms with Crippen molar-refractivity contribution in [3.63, 3.8) is 0 Å². The number of aliphatic hydroxyl groups excluding tert-OH is 1. The van der Waals surface area contributed by atoms with Gasteiger partial charge in [0.25, 0.3) is 5.91 Å². The monoisotopic (exact) mass is 280 g/mol. The minimum absolute atomic E-state index is 0.0773. The van der Waals surface area contributed by atoms with E-state index in [9.17, 15) is 4.79 Å². The summed E-state index contributed by atoms with van der Waals surface area (Å²) in [4.78, 5) is 16.6. The van der Waals surface area contributed by atoms with Crippen LogP contribution in [0.15, 0.2) is 6.20 Å². The summed E-state index contributed by atoms with van der Waals surface area (Å²) in [6, 6.07) is 0. The predicted octanol–water partition coefficient (Wildman–Crippen LogP) is 0.352. The van der Waals surface area contributed by atoms with Crippen LogP contribution >= 0.6 is 0 Å². The summed E-state index contributed by atoms with van der Waals surface area (Å²) in [5.41, 5.74) is 1.52. The number of aliphatic hydroxyl groups is 1. The average Bonchev–Trinajstić information content (AvgIpc) is 2.80. The Hall–Kier alpha value is -1.40. The maximum atomic E-state index is 12.5. The summed E-state index contributed by atoms with van der Waals surface area (Å²) in [6.45, 7) is 8.79. The van der Waals surface area contributed by atoms with Gasteiger partial charge in [-0.25, -0.2) is 0 Å². The summed E-state index contributed by atoms with van der Waals surface area (Å²) in [7, 11) is 0. The van der Waals surface area contributed by atoms with E-state index < -0.39 is 0 Å². The first-order valence-corrected chi connectivity index (χ1v) is 7.32. The maximum absolute atomic E-state index is 12.5. The fraction of sp³-hybridized carbons (Fsp3) is 0.714. The zero-order chi connectivity index (χ0) is 14.5. The SMILES string of the molecule is CCCn1cc(C(=O)N2CCN(CCO)CC2)c(C)n1. The summed E-state index contributed by atoms with van der Waals surface area (Å²) in [5, 5.41) is 13.3. The molecule has 0 bridgehead atoms. The molecule has 1 aromatic heterocycles. The molecule has 20 heavy (non-hydrogen) atoms. The van der Waals surface area contributed by atoms with Crippen LogP contribution in [0.1, 0.15) is 29.4 Å². The first kappa shape index (κ1) is 15.0. The van der Waals surface area contributed by atoms with Gasteiger partial charge in [-0.05, 0) is 13.3 Å². The Bertz CT molecular complexity index is 450. The van der Waals surface area contributed by atoms with Crippen molar-refractivity contribution in [3.05, 3.63) is 17.5 Å². The summed E-state index contributed by atoms with van der Waals surface area (Å²) >= 11 is 0. The molecule has 0 atom stereocenters. The normalized spacial score (nSPS) is 16.6. The van der Waals surface area contributed by atoms with Crippen LogP contribution < -0.4 is 0 Å². The Morgan fingerprint density at radius 2 is 2.00 bits per heavy atom. The Kier molecular flexibility index (Phi) is 5.14. The van der Waals surface area contributed by atoms with Gasteiger partial charge in [0.05, 0.1) is 17.9 Å². The standard InChI is InChI=1S/C14H24N4O2/c1-3-4-18-11-13(12(2)15-18)14(20)17-7-5-16(6-8-17)9-10-19/h11,19H,3-10H2,1-2H3. The lowest BCUT2D eigenvalue weighted by Crippen LogP contribution is -2.49. The van der Waals surface area contributed by atoms with Crippen LogP contribution in [0.4, 0.5) is 0 Å². The van der Waals surface area contributed by atoms with Gasteiger partial charge in [-0.3, -0.25) is 14.4 Å². The topological polar surface area (TPSA) is 61.6 Å². The fourth-order valence-electron chi connectivity index (χ4n) is 2.56. The van der Waals surface area contributed by atoms with Gasteiger partial charge in [0.2, 0.25) is 0 Å². The second-order valence-corrected chi connectivity index (χ2v) is 5.25. The highest BCUT2D eigenvalue weighted by atomic mass is 16.3. The van der Waals surface area contributed by atoms with E-state index in [-0.39, 0.29) is 12.5 Å². The van der Waals surface area contributed by atoms with Crippen LogP contribution in [0.25, 0.3) is 0 Å². The van der Waals surface area contributed by atoms with Crippen LogP contribution in [0, 0.1) is 6.92 Å². The van der Waals surface area contributed by atoms with Crippen molar-refractivity contribution in [3.8, 4) is 0 Å². The molecule has 6 heteroatoms. The molecule has 1 N–H and O–H groups in total. The van der Waals surface area contributed by atoms with E-state index in [0.29, 0.717) is 12.1 Å². The number of rotatable bonds is 5. The largest absolute Gasteiger partial charge is 0.395 e. The van der Waals surface area contributed by atoms with Gasteiger partial charge in [0, 0.05) is 45.5 Å². The molecular formula is C14H24N4O2. The van der Waals surface area contributed by atoms with Crippen LogP contribution in [0.5, 0.6) is 0 Å². The highest BCUT2D eigenvalue weighted by Crippen LogP contribution is 2.12. The third-order valence-corrected chi connectivity index (χ3v) is 3.71. The molecule has 0 unspecified atom stereocenters. The minimum atomic E-state index is 0.0773. The molecule has 2 rings (SSSR count). The van der Waals surface area contributed by atoms with E-state index in [4.69, 9.17) is 5.11 Å². The number of aryl methyl sites for hydroxylation is 2. The number of carbonyl (C=O) groups is 1. The number of carbonyl (C=O) groups excluding carboxylic acids is 1. The van der Waals surface area contributed by atoms with Gasteiger partial charge in [-0.15, -0.1) is 0 Å². The lowest BCUT2D eigenvalue weighted by Gasteiger charge is -2.34. The number of β-amino-alcohol motifs (C(OH)–C–C–N with tert-alkyl or cyclic N) is 1. The second kappa shape index (κ2) is 6.85. The van der Waals surface area contributed by atoms with Crippen LogP contribution in [-0.2, 0) is 6.54 Å². The molecule has 0 aliphatic carbocycles. The summed E-state index contributed by atoms with van der Waals surface area (Å²) in [6.07, 6.45) is 2.87. The molecule has 1 amide bonds. The van der Waals surface area contributed by atoms with Gasteiger partial charge >= 0.3 is 0 Å². The van der Waals surface area contributed by atoms with Gasteiger partial charge in [0.1, 0.15) is 0 Å². The predicted molar refractivity (Wildman–Crippen MR) is 76.7 cm³/mol. The van der Waals surface area contributed by atoms with Crippen molar-refractivity contribution in [2.24, 2.45) is 0 Å². The molecule has 1 aliphatic heterocycles. The van der Waals surface area contributed by atoms with Crippen molar-refractivity contribution in [2.45, 2.75) is 26.8 Å². The molecule has 6 nitrogen and oxygen atoms in total. The number of piperazine rings is 1. The van der Waals surface area contributed by atoms with E-state index in [2.05, 4.69) is 16.9 Å². The molecule has 1 fully saturated rings. The zero-order valence-corrected chi connectivity index (χ0v) is 12.4. The van der Waals surface area contributed by atoms with E-state index >= 15 is 0 Å². The molecule has 0 saturated carbocycles. The maximum Gasteiger partial charge on any atom is 0.257 e. The fourth-order valence-corrected chi connectivity index (χ4v) is 2.56.